The first-order chi connectivity index (χ1) is 7.91. The van der Waals surface area contributed by atoms with E-state index in [-0.39, 0.29) is 18.7 Å². The van der Waals surface area contributed by atoms with E-state index in [9.17, 15) is 18.0 Å². The minimum Gasteiger partial charge on any atom is -0.462 e. The molecule has 0 radical (unpaired) electrons. The minimum absolute atomic E-state index is 0.00512. The normalized spacial score (nSPS) is 11.3. The number of hydrogen-bond donors (Lipinski definition) is 1. The molecule has 0 atom stereocenters. The molecule has 7 heteroatoms. The van der Waals surface area contributed by atoms with Crippen LogP contribution in [-0.2, 0) is 17.3 Å². The Morgan fingerprint density at radius 1 is 1.59 bits per heavy atom. The van der Waals surface area contributed by atoms with Gasteiger partial charge < -0.3 is 4.74 Å². The Morgan fingerprint density at radius 3 is 2.71 bits per heavy atom. The molecule has 0 aromatic carbocycles. The van der Waals surface area contributed by atoms with Gasteiger partial charge in [0.15, 0.2) is 5.69 Å². The first-order valence-corrected chi connectivity index (χ1v) is 4.84. The van der Waals surface area contributed by atoms with Crippen molar-refractivity contribution >= 4 is 5.97 Å². The topological polar surface area (TPSA) is 55.0 Å². The summed E-state index contributed by atoms with van der Waals surface area (Å²) in [6, 6.07) is 0. The molecule has 94 valence electrons. The van der Waals surface area contributed by atoms with E-state index in [0.29, 0.717) is 0 Å². The number of rotatable bonds is 4. The molecular formula is C10H11F3N2O2. The molecule has 1 aromatic rings. The molecule has 0 unspecified atom stereocenters. The molecule has 17 heavy (non-hydrogen) atoms. The first-order valence-electron chi connectivity index (χ1n) is 4.84. The van der Waals surface area contributed by atoms with Crippen molar-refractivity contribution in [3.05, 3.63) is 29.6 Å². The van der Waals surface area contributed by atoms with Crippen LogP contribution in [0.3, 0.4) is 0 Å². The zero-order valence-corrected chi connectivity index (χ0v) is 9.10. The number of aromatic nitrogens is 2. The van der Waals surface area contributed by atoms with Crippen LogP contribution in [0, 0.1) is 0 Å². The van der Waals surface area contributed by atoms with Crippen LogP contribution in [0.4, 0.5) is 13.2 Å². The van der Waals surface area contributed by atoms with Crippen molar-refractivity contribution < 1.29 is 22.7 Å². The second-order valence-corrected chi connectivity index (χ2v) is 3.14. The van der Waals surface area contributed by atoms with Crippen LogP contribution in [0.25, 0.3) is 0 Å². The summed E-state index contributed by atoms with van der Waals surface area (Å²) in [5.74, 6) is -1.04. The molecule has 0 spiro atoms. The fraction of sp³-hybridized carbons (Fsp3) is 0.400. The van der Waals surface area contributed by atoms with Gasteiger partial charge in [-0.15, -0.1) is 6.58 Å². The number of H-pyrrole nitrogens is 1. The van der Waals surface area contributed by atoms with Crippen LogP contribution < -0.4 is 0 Å². The number of hydrogen-bond acceptors (Lipinski definition) is 3. The molecule has 4 nitrogen and oxygen atoms in total. The third kappa shape index (κ3) is 2.86. The van der Waals surface area contributed by atoms with Crippen molar-refractivity contribution in [3.8, 4) is 0 Å². The Balaban J connectivity index is 3.24. The number of nitrogens with one attached hydrogen (secondary N) is 1. The molecule has 0 saturated carbocycles. The summed E-state index contributed by atoms with van der Waals surface area (Å²) in [5, 5.41) is 5.29. The molecule has 0 aliphatic rings. The summed E-state index contributed by atoms with van der Waals surface area (Å²) in [6.45, 7) is 4.90. The molecule has 0 saturated heterocycles. The molecule has 0 bridgehead atoms. The quantitative estimate of drug-likeness (QED) is 0.657. The maximum Gasteiger partial charge on any atom is 0.436 e. The fourth-order valence-corrected chi connectivity index (χ4v) is 1.30. The van der Waals surface area contributed by atoms with Gasteiger partial charge >= 0.3 is 12.1 Å². The van der Waals surface area contributed by atoms with E-state index < -0.39 is 23.4 Å². The number of carbonyl (C=O) groups is 1. The van der Waals surface area contributed by atoms with E-state index in [1.165, 1.54) is 13.0 Å². The maximum atomic E-state index is 12.6. The van der Waals surface area contributed by atoms with E-state index in [4.69, 9.17) is 0 Å². The van der Waals surface area contributed by atoms with Gasteiger partial charge in [-0.3, -0.25) is 5.10 Å². The Hall–Kier alpha value is -1.79. The highest BCUT2D eigenvalue weighted by molar-refractivity contribution is 5.92. The molecule has 1 aromatic heterocycles. The zero-order valence-electron chi connectivity index (χ0n) is 9.10. The molecule has 0 amide bonds. The third-order valence-electron chi connectivity index (χ3n) is 1.94. The zero-order chi connectivity index (χ0) is 13.1. The molecular weight excluding hydrogens is 237 g/mol. The van der Waals surface area contributed by atoms with Crippen molar-refractivity contribution in [1.82, 2.24) is 10.2 Å². The monoisotopic (exact) mass is 248 g/mol. The highest BCUT2D eigenvalue weighted by atomic mass is 19.4. The largest absolute Gasteiger partial charge is 0.462 e. The van der Waals surface area contributed by atoms with Gasteiger partial charge in [-0.1, -0.05) is 6.08 Å². The van der Waals surface area contributed by atoms with Gasteiger partial charge in [0.2, 0.25) is 0 Å². The number of alkyl halides is 3. The van der Waals surface area contributed by atoms with E-state index in [2.05, 4.69) is 21.5 Å². The molecule has 0 aliphatic heterocycles. The van der Waals surface area contributed by atoms with Crippen LogP contribution in [-0.4, -0.2) is 22.8 Å². The Labute approximate surface area is 95.5 Å². The second-order valence-electron chi connectivity index (χ2n) is 3.14. The fourth-order valence-electron chi connectivity index (χ4n) is 1.30. The smallest absolute Gasteiger partial charge is 0.436 e. The molecule has 0 aliphatic carbocycles. The number of esters is 1. The lowest BCUT2D eigenvalue weighted by Crippen LogP contribution is -2.15. The number of carbonyl (C=O) groups excluding carboxylic acids is 1. The number of ether oxygens (including phenoxy) is 1. The predicted molar refractivity (Wildman–Crippen MR) is 53.4 cm³/mol. The summed E-state index contributed by atoms with van der Waals surface area (Å²) in [4.78, 5) is 11.5. The summed E-state index contributed by atoms with van der Waals surface area (Å²) in [6.07, 6.45) is -3.24. The van der Waals surface area contributed by atoms with Crippen LogP contribution in [0.5, 0.6) is 0 Å². The Bertz CT molecular complexity index is 424. The molecule has 1 rings (SSSR count). The first kappa shape index (κ1) is 13.3. The van der Waals surface area contributed by atoms with Gasteiger partial charge in [0.1, 0.15) is 5.56 Å². The number of halogens is 3. The van der Waals surface area contributed by atoms with Crippen molar-refractivity contribution in [2.75, 3.05) is 6.61 Å². The standard InChI is InChI=1S/C10H11F3N2O2/c1-3-5-6-7(9(16)17-4-2)8(15-14-6)10(11,12)13/h3H,1,4-5H2,2H3,(H,14,15). The Morgan fingerprint density at radius 2 is 2.24 bits per heavy atom. The van der Waals surface area contributed by atoms with E-state index in [0.717, 1.165) is 0 Å². The average Bonchev–Trinajstić information content (AvgIpc) is 2.62. The van der Waals surface area contributed by atoms with E-state index in [1.807, 2.05) is 0 Å². The number of nitrogens with zero attached hydrogens (tertiary/aromatic N) is 1. The summed E-state index contributed by atoms with van der Waals surface area (Å²) in [5.41, 5.74) is -1.78. The van der Waals surface area contributed by atoms with Crippen molar-refractivity contribution in [3.63, 3.8) is 0 Å². The van der Waals surface area contributed by atoms with Gasteiger partial charge in [0.25, 0.3) is 0 Å². The van der Waals surface area contributed by atoms with Crippen molar-refractivity contribution in [2.45, 2.75) is 19.5 Å². The van der Waals surface area contributed by atoms with Gasteiger partial charge in [0.05, 0.1) is 12.3 Å². The highest BCUT2D eigenvalue weighted by Crippen LogP contribution is 2.32. The van der Waals surface area contributed by atoms with E-state index in [1.54, 1.807) is 0 Å². The van der Waals surface area contributed by atoms with Crippen LogP contribution in [0.1, 0.15) is 28.7 Å². The lowest BCUT2D eigenvalue weighted by molar-refractivity contribution is -0.141. The molecule has 1 heterocycles. The van der Waals surface area contributed by atoms with Gasteiger partial charge in [-0.2, -0.15) is 18.3 Å². The third-order valence-corrected chi connectivity index (χ3v) is 1.94. The van der Waals surface area contributed by atoms with Gasteiger partial charge in [-0.05, 0) is 6.92 Å². The molecule has 1 N–H and O–H groups in total. The lowest BCUT2D eigenvalue weighted by Gasteiger charge is -2.06. The summed E-state index contributed by atoms with van der Waals surface area (Å²) >= 11 is 0. The van der Waals surface area contributed by atoms with Crippen LogP contribution in [0.2, 0.25) is 0 Å². The summed E-state index contributed by atoms with van der Waals surface area (Å²) < 4.78 is 42.3. The average molecular weight is 248 g/mol. The van der Waals surface area contributed by atoms with Crippen LogP contribution >= 0.6 is 0 Å². The van der Waals surface area contributed by atoms with Crippen molar-refractivity contribution in [2.24, 2.45) is 0 Å². The Kier molecular flexibility index (Phi) is 3.93. The van der Waals surface area contributed by atoms with Crippen molar-refractivity contribution in [1.29, 1.82) is 0 Å². The van der Waals surface area contributed by atoms with E-state index >= 15 is 0 Å². The number of aromatic amines is 1. The second kappa shape index (κ2) is 5.03. The summed E-state index contributed by atoms with van der Waals surface area (Å²) in [7, 11) is 0. The predicted octanol–water partition coefficient (Wildman–Crippen LogP) is 2.33. The van der Waals surface area contributed by atoms with Gasteiger partial charge in [-0.25, -0.2) is 4.79 Å². The highest BCUT2D eigenvalue weighted by Gasteiger charge is 2.40. The van der Waals surface area contributed by atoms with Gasteiger partial charge in [0, 0.05) is 6.42 Å². The number of allylic oxidation sites excluding steroid dienone is 1. The van der Waals surface area contributed by atoms with Crippen LogP contribution in [0.15, 0.2) is 12.7 Å². The minimum atomic E-state index is -4.70. The molecule has 0 fully saturated rings. The maximum absolute atomic E-state index is 12.6. The SMILES string of the molecule is C=CCc1[nH]nc(C(F)(F)F)c1C(=O)OCC. The lowest BCUT2D eigenvalue weighted by atomic mass is 10.1.